The van der Waals surface area contributed by atoms with Crippen molar-refractivity contribution >= 4 is 11.2 Å². The zero-order valence-corrected chi connectivity index (χ0v) is 11.0. The first kappa shape index (κ1) is 13.0. The second-order valence-electron chi connectivity index (χ2n) is 4.46. The van der Waals surface area contributed by atoms with Gasteiger partial charge in [0.15, 0.2) is 5.65 Å². The Morgan fingerprint density at radius 3 is 2.94 bits per heavy atom. The van der Waals surface area contributed by atoms with E-state index in [-0.39, 0.29) is 0 Å². The van der Waals surface area contributed by atoms with Crippen LogP contribution in [0.15, 0.2) is 12.3 Å². The van der Waals surface area contributed by atoms with E-state index in [1.165, 1.54) is 0 Å². The van der Waals surface area contributed by atoms with Gasteiger partial charge >= 0.3 is 0 Å². The predicted molar refractivity (Wildman–Crippen MR) is 71.3 cm³/mol. The van der Waals surface area contributed by atoms with Crippen LogP contribution < -0.4 is 5.73 Å². The monoisotopic (exact) mass is 248 g/mol. The third-order valence-corrected chi connectivity index (χ3v) is 2.91. The zero-order valence-electron chi connectivity index (χ0n) is 11.0. The second-order valence-corrected chi connectivity index (χ2v) is 4.46. The lowest BCUT2D eigenvalue weighted by atomic mass is 10.3. The zero-order chi connectivity index (χ0) is 13.0. The molecule has 0 saturated heterocycles. The summed E-state index contributed by atoms with van der Waals surface area (Å²) in [6.07, 6.45) is 3.92. The van der Waals surface area contributed by atoms with Crippen molar-refractivity contribution in [3.8, 4) is 0 Å². The minimum atomic E-state index is 0.512. The molecule has 98 valence electrons. The van der Waals surface area contributed by atoms with Gasteiger partial charge in [-0.3, -0.25) is 0 Å². The van der Waals surface area contributed by atoms with Crippen LogP contribution in [0.2, 0.25) is 0 Å². The molecular weight excluding hydrogens is 228 g/mol. The van der Waals surface area contributed by atoms with E-state index in [0.29, 0.717) is 6.61 Å². The molecular formula is C13H20N4O. The highest BCUT2D eigenvalue weighted by Gasteiger charge is 2.11. The number of aromatic nitrogens is 3. The molecule has 0 aliphatic carbocycles. The van der Waals surface area contributed by atoms with Crippen molar-refractivity contribution in [2.45, 2.75) is 32.9 Å². The maximum absolute atomic E-state index is 5.53. The quantitative estimate of drug-likeness (QED) is 0.789. The molecule has 5 heteroatoms. The average Bonchev–Trinajstić information content (AvgIpc) is 2.67. The highest BCUT2D eigenvalue weighted by atomic mass is 16.5. The molecule has 2 aromatic rings. The van der Waals surface area contributed by atoms with Gasteiger partial charge in [-0.25, -0.2) is 9.97 Å². The van der Waals surface area contributed by atoms with Crippen molar-refractivity contribution in [1.29, 1.82) is 0 Å². The maximum Gasteiger partial charge on any atom is 0.160 e. The smallest absolute Gasteiger partial charge is 0.160 e. The standard InChI is InChI=1S/C13H20N4O/c1-10-7-11-13(15-8-10)17(6-4-3-5-14)12(16-11)9-18-2/h7-8H,3-6,9,14H2,1-2H3. The SMILES string of the molecule is COCc1nc2cc(C)cnc2n1CCCCN. The molecule has 0 atom stereocenters. The van der Waals surface area contributed by atoms with Gasteiger partial charge in [0.05, 0.1) is 0 Å². The summed E-state index contributed by atoms with van der Waals surface area (Å²) in [7, 11) is 1.68. The molecule has 5 nitrogen and oxygen atoms in total. The van der Waals surface area contributed by atoms with E-state index < -0.39 is 0 Å². The topological polar surface area (TPSA) is 66.0 Å². The van der Waals surface area contributed by atoms with Gasteiger partial charge in [-0.1, -0.05) is 0 Å². The van der Waals surface area contributed by atoms with Gasteiger partial charge in [0.1, 0.15) is 17.9 Å². The minimum absolute atomic E-state index is 0.512. The normalized spacial score (nSPS) is 11.3. The summed E-state index contributed by atoms with van der Waals surface area (Å²) >= 11 is 0. The van der Waals surface area contributed by atoms with Gasteiger partial charge < -0.3 is 15.0 Å². The van der Waals surface area contributed by atoms with E-state index in [9.17, 15) is 0 Å². The average molecular weight is 248 g/mol. The van der Waals surface area contributed by atoms with Crippen LogP contribution in [0.4, 0.5) is 0 Å². The van der Waals surface area contributed by atoms with E-state index in [1.54, 1.807) is 7.11 Å². The molecule has 0 bridgehead atoms. The molecule has 0 spiro atoms. The second kappa shape index (κ2) is 5.93. The Kier molecular flexibility index (Phi) is 4.28. The van der Waals surface area contributed by atoms with Gasteiger partial charge in [-0.05, 0) is 37.9 Å². The van der Waals surface area contributed by atoms with Crippen molar-refractivity contribution < 1.29 is 4.74 Å². The Bertz CT molecular complexity index is 521. The van der Waals surface area contributed by atoms with Crippen LogP contribution in [0.25, 0.3) is 11.2 Å². The summed E-state index contributed by atoms with van der Waals surface area (Å²) < 4.78 is 7.33. The van der Waals surface area contributed by atoms with Crippen LogP contribution in [0.5, 0.6) is 0 Å². The lowest BCUT2D eigenvalue weighted by molar-refractivity contribution is 0.174. The molecule has 0 aromatic carbocycles. The number of rotatable bonds is 6. The third-order valence-electron chi connectivity index (χ3n) is 2.91. The molecule has 0 amide bonds. The van der Waals surface area contributed by atoms with Crippen molar-refractivity contribution in [1.82, 2.24) is 14.5 Å². The van der Waals surface area contributed by atoms with Crippen LogP contribution in [-0.4, -0.2) is 28.2 Å². The highest BCUT2D eigenvalue weighted by molar-refractivity contribution is 5.72. The Balaban J connectivity index is 2.35. The molecule has 0 aliphatic heterocycles. The van der Waals surface area contributed by atoms with Crippen LogP contribution in [0, 0.1) is 6.92 Å². The summed E-state index contributed by atoms with van der Waals surface area (Å²) in [5, 5.41) is 0. The van der Waals surface area contributed by atoms with E-state index in [4.69, 9.17) is 10.5 Å². The predicted octanol–water partition coefficient (Wildman–Crippen LogP) is 1.63. The van der Waals surface area contributed by atoms with Gasteiger partial charge in [-0.2, -0.15) is 0 Å². The largest absolute Gasteiger partial charge is 0.377 e. The molecule has 2 N–H and O–H groups in total. The number of hydrogen-bond donors (Lipinski definition) is 1. The van der Waals surface area contributed by atoms with E-state index in [2.05, 4.69) is 20.6 Å². The lowest BCUT2D eigenvalue weighted by Gasteiger charge is -2.07. The van der Waals surface area contributed by atoms with Crippen LogP contribution in [-0.2, 0) is 17.9 Å². The van der Waals surface area contributed by atoms with Crippen LogP contribution >= 0.6 is 0 Å². The fourth-order valence-electron chi connectivity index (χ4n) is 2.05. The number of aryl methyl sites for hydroxylation is 2. The Morgan fingerprint density at radius 2 is 2.22 bits per heavy atom. The van der Waals surface area contributed by atoms with E-state index >= 15 is 0 Å². The Hall–Kier alpha value is -1.46. The number of fused-ring (bicyclic) bond motifs is 1. The van der Waals surface area contributed by atoms with Crippen LogP contribution in [0.1, 0.15) is 24.2 Å². The van der Waals surface area contributed by atoms with Crippen molar-refractivity contribution in [2.75, 3.05) is 13.7 Å². The van der Waals surface area contributed by atoms with Gasteiger partial charge in [0.25, 0.3) is 0 Å². The van der Waals surface area contributed by atoms with E-state index in [1.807, 2.05) is 13.1 Å². The Morgan fingerprint density at radius 1 is 1.39 bits per heavy atom. The van der Waals surface area contributed by atoms with E-state index in [0.717, 1.165) is 48.5 Å². The summed E-state index contributed by atoms with van der Waals surface area (Å²) in [5.41, 5.74) is 8.53. The first-order chi connectivity index (χ1) is 8.76. The number of nitrogens with zero attached hydrogens (tertiary/aromatic N) is 3. The van der Waals surface area contributed by atoms with Crippen molar-refractivity contribution in [3.63, 3.8) is 0 Å². The van der Waals surface area contributed by atoms with Crippen molar-refractivity contribution in [3.05, 3.63) is 23.7 Å². The first-order valence-corrected chi connectivity index (χ1v) is 6.27. The van der Waals surface area contributed by atoms with Gasteiger partial charge in [-0.15, -0.1) is 0 Å². The molecule has 2 aromatic heterocycles. The summed E-state index contributed by atoms with van der Waals surface area (Å²) in [5.74, 6) is 0.933. The fourth-order valence-corrected chi connectivity index (χ4v) is 2.05. The minimum Gasteiger partial charge on any atom is -0.377 e. The Labute approximate surface area is 107 Å². The molecule has 2 rings (SSSR count). The number of nitrogens with two attached hydrogens (primary N) is 1. The van der Waals surface area contributed by atoms with Gasteiger partial charge in [0.2, 0.25) is 0 Å². The fraction of sp³-hybridized carbons (Fsp3) is 0.538. The first-order valence-electron chi connectivity index (χ1n) is 6.27. The lowest BCUT2D eigenvalue weighted by Crippen LogP contribution is -2.08. The number of hydrogen-bond acceptors (Lipinski definition) is 4. The number of unbranched alkanes of at least 4 members (excludes halogenated alkanes) is 1. The summed E-state index contributed by atoms with van der Waals surface area (Å²) in [6, 6.07) is 2.06. The molecule has 0 radical (unpaired) electrons. The van der Waals surface area contributed by atoms with Crippen LogP contribution in [0.3, 0.4) is 0 Å². The number of ether oxygens (including phenoxy) is 1. The number of methoxy groups -OCH3 is 1. The molecule has 0 saturated carbocycles. The highest BCUT2D eigenvalue weighted by Crippen LogP contribution is 2.16. The molecule has 18 heavy (non-hydrogen) atoms. The summed E-state index contributed by atoms with van der Waals surface area (Å²) in [6.45, 7) is 4.15. The van der Waals surface area contributed by atoms with Gasteiger partial charge in [0, 0.05) is 19.9 Å². The van der Waals surface area contributed by atoms with Crippen molar-refractivity contribution in [2.24, 2.45) is 5.73 Å². The number of pyridine rings is 1. The summed E-state index contributed by atoms with van der Waals surface area (Å²) in [4.78, 5) is 9.06. The third kappa shape index (κ3) is 2.68. The molecule has 0 fully saturated rings. The number of imidazole rings is 1. The molecule has 2 heterocycles. The molecule has 0 aliphatic rings. The molecule has 0 unspecified atom stereocenters. The maximum atomic E-state index is 5.53.